The average molecular weight is 516 g/mol. The predicted molar refractivity (Wildman–Crippen MR) is 170 cm³/mol. The molecule has 0 radical (unpaired) electrons. The molecule has 1 nitrogen and oxygen atoms in total. The predicted octanol–water partition coefficient (Wildman–Crippen LogP) is 10.3. The monoisotopic (exact) mass is 515 g/mol. The van der Waals surface area contributed by atoms with Gasteiger partial charge < -0.3 is 4.90 Å². The van der Waals surface area contributed by atoms with E-state index in [1.165, 1.54) is 72.2 Å². The van der Waals surface area contributed by atoms with Crippen molar-refractivity contribution in [3.8, 4) is 11.1 Å². The van der Waals surface area contributed by atoms with Gasteiger partial charge in [0.25, 0.3) is 0 Å². The number of hydrogen-bond acceptors (Lipinski definition) is 1. The average Bonchev–Trinajstić information content (AvgIpc) is 3.66. The van der Waals surface area contributed by atoms with Crippen LogP contribution in [0.4, 0.5) is 11.4 Å². The minimum absolute atomic E-state index is 0.431. The van der Waals surface area contributed by atoms with Gasteiger partial charge in [-0.1, -0.05) is 114 Å². The van der Waals surface area contributed by atoms with E-state index in [0.717, 1.165) is 19.4 Å². The minimum Gasteiger partial charge on any atom is -0.340 e. The first kappa shape index (κ1) is 23.5. The molecular formula is C39H33N. The van der Waals surface area contributed by atoms with Crippen molar-refractivity contribution in [2.24, 2.45) is 0 Å². The summed E-state index contributed by atoms with van der Waals surface area (Å²) in [4.78, 5) is 2.53. The Balaban J connectivity index is 1.16. The highest BCUT2D eigenvalue weighted by Gasteiger charge is 2.33. The number of hydrogen-bond donors (Lipinski definition) is 0. The number of benzene rings is 5. The van der Waals surface area contributed by atoms with Gasteiger partial charge in [0.2, 0.25) is 0 Å². The second-order valence-electron chi connectivity index (χ2n) is 11.8. The largest absolute Gasteiger partial charge is 0.340 e. The molecule has 5 aromatic carbocycles. The molecule has 1 heterocycles. The smallest absolute Gasteiger partial charge is 0.0487 e. The third kappa shape index (κ3) is 3.54. The zero-order valence-electron chi connectivity index (χ0n) is 23.2. The van der Waals surface area contributed by atoms with Crippen LogP contribution in [-0.4, -0.2) is 6.54 Å². The normalized spacial score (nSPS) is 18.9. The summed E-state index contributed by atoms with van der Waals surface area (Å²) in [7, 11) is 0. The Kier molecular flexibility index (Phi) is 5.35. The zero-order chi connectivity index (χ0) is 26.8. The number of para-hydroxylation sites is 1. The summed E-state index contributed by atoms with van der Waals surface area (Å²) < 4.78 is 0. The molecule has 0 saturated heterocycles. The number of nitrogens with zero attached hydrogens (tertiary/aromatic N) is 1. The van der Waals surface area contributed by atoms with Crippen molar-refractivity contribution in [1.29, 1.82) is 0 Å². The molecule has 2 unspecified atom stereocenters. The molecule has 0 N–H and O–H groups in total. The van der Waals surface area contributed by atoms with E-state index >= 15 is 0 Å². The van der Waals surface area contributed by atoms with E-state index in [1.807, 2.05) is 0 Å². The molecule has 40 heavy (non-hydrogen) atoms. The molecule has 0 aromatic heterocycles. The van der Waals surface area contributed by atoms with Gasteiger partial charge in [-0.05, 0) is 83.0 Å². The SMILES string of the molecule is CC1=Cc2c(-c3cccc4ccccc34)cccc2C1CC1C(C)=Cc2c1cccc2N1CCc2ccccc21. The van der Waals surface area contributed by atoms with Crippen LogP contribution in [0.1, 0.15) is 59.9 Å². The molecule has 5 aromatic rings. The van der Waals surface area contributed by atoms with Crippen LogP contribution < -0.4 is 4.90 Å². The molecule has 194 valence electrons. The van der Waals surface area contributed by atoms with Crippen LogP contribution in [0.25, 0.3) is 34.1 Å². The van der Waals surface area contributed by atoms with Crippen molar-refractivity contribution in [2.75, 3.05) is 11.4 Å². The van der Waals surface area contributed by atoms with Crippen molar-refractivity contribution in [3.05, 3.63) is 142 Å². The number of fused-ring (bicyclic) bond motifs is 4. The van der Waals surface area contributed by atoms with Crippen molar-refractivity contribution < 1.29 is 0 Å². The molecule has 0 saturated carbocycles. The maximum absolute atomic E-state index is 2.53. The van der Waals surface area contributed by atoms with Gasteiger partial charge in [0.05, 0.1) is 0 Å². The lowest BCUT2D eigenvalue weighted by Crippen LogP contribution is -2.15. The third-order valence-electron chi connectivity index (χ3n) is 9.58. The summed E-state index contributed by atoms with van der Waals surface area (Å²) in [5.41, 5.74) is 15.6. The van der Waals surface area contributed by atoms with E-state index in [4.69, 9.17) is 0 Å². The quantitative estimate of drug-likeness (QED) is 0.230. The van der Waals surface area contributed by atoms with E-state index in [2.05, 4.69) is 134 Å². The lowest BCUT2D eigenvalue weighted by atomic mass is 9.81. The number of rotatable bonds is 4. The summed E-state index contributed by atoms with van der Waals surface area (Å²) in [6, 6.07) is 38.3. The molecule has 1 heteroatoms. The molecule has 3 aliphatic rings. The highest BCUT2D eigenvalue weighted by molar-refractivity contribution is 5.99. The van der Waals surface area contributed by atoms with E-state index in [0.29, 0.717) is 11.8 Å². The van der Waals surface area contributed by atoms with E-state index in [1.54, 1.807) is 0 Å². The zero-order valence-corrected chi connectivity index (χ0v) is 23.2. The lowest BCUT2D eigenvalue weighted by Gasteiger charge is -2.25. The van der Waals surface area contributed by atoms with E-state index in [-0.39, 0.29) is 0 Å². The molecule has 2 aliphatic carbocycles. The van der Waals surface area contributed by atoms with Gasteiger partial charge in [0, 0.05) is 35.3 Å². The topological polar surface area (TPSA) is 3.24 Å². The van der Waals surface area contributed by atoms with Gasteiger partial charge >= 0.3 is 0 Å². The Labute approximate surface area is 237 Å². The Morgan fingerprint density at radius 1 is 0.600 bits per heavy atom. The van der Waals surface area contributed by atoms with Crippen LogP contribution in [0.2, 0.25) is 0 Å². The maximum Gasteiger partial charge on any atom is 0.0487 e. The van der Waals surface area contributed by atoms with Gasteiger partial charge in [-0.2, -0.15) is 0 Å². The molecule has 8 rings (SSSR count). The Bertz CT molecular complexity index is 1860. The van der Waals surface area contributed by atoms with Gasteiger partial charge in [-0.25, -0.2) is 0 Å². The molecule has 2 atom stereocenters. The Morgan fingerprint density at radius 3 is 2.10 bits per heavy atom. The van der Waals surface area contributed by atoms with Gasteiger partial charge in [-0.15, -0.1) is 0 Å². The highest BCUT2D eigenvalue weighted by atomic mass is 15.2. The fourth-order valence-corrected chi connectivity index (χ4v) is 7.61. The summed E-state index contributed by atoms with van der Waals surface area (Å²) >= 11 is 0. The van der Waals surface area contributed by atoms with Crippen molar-refractivity contribution >= 4 is 34.3 Å². The molecule has 0 bridgehead atoms. The first-order valence-corrected chi connectivity index (χ1v) is 14.6. The summed E-state index contributed by atoms with van der Waals surface area (Å²) in [6.45, 7) is 5.74. The van der Waals surface area contributed by atoms with Gasteiger partial charge in [0.15, 0.2) is 0 Å². The van der Waals surface area contributed by atoms with Gasteiger partial charge in [-0.3, -0.25) is 0 Å². The second-order valence-corrected chi connectivity index (χ2v) is 11.8. The number of anilines is 2. The highest BCUT2D eigenvalue weighted by Crippen LogP contribution is 2.51. The first-order chi connectivity index (χ1) is 19.7. The van der Waals surface area contributed by atoms with Crippen LogP contribution in [0, 0.1) is 0 Å². The van der Waals surface area contributed by atoms with Gasteiger partial charge in [0.1, 0.15) is 0 Å². The molecule has 0 spiro atoms. The Hall–Kier alpha value is -4.36. The van der Waals surface area contributed by atoms with Crippen LogP contribution in [0.5, 0.6) is 0 Å². The fourth-order valence-electron chi connectivity index (χ4n) is 7.61. The first-order valence-electron chi connectivity index (χ1n) is 14.6. The van der Waals surface area contributed by atoms with E-state index < -0.39 is 0 Å². The summed E-state index contributed by atoms with van der Waals surface area (Å²) in [5.74, 6) is 0.869. The van der Waals surface area contributed by atoms with Crippen LogP contribution >= 0.6 is 0 Å². The number of allylic oxidation sites excluding steroid dienone is 2. The van der Waals surface area contributed by atoms with Crippen molar-refractivity contribution in [3.63, 3.8) is 0 Å². The fraction of sp³-hybridized carbons (Fsp3) is 0.179. The summed E-state index contributed by atoms with van der Waals surface area (Å²) in [5, 5.41) is 2.63. The van der Waals surface area contributed by atoms with Crippen molar-refractivity contribution in [2.45, 2.75) is 38.5 Å². The lowest BCUT2D eigenvalue weighted by molar-refractivity contribution is 0.642. The Morgan fingerprint density at radius 2 is 1.23 bits per heavy atom. The second kappa shape index (κ2) is 9.10. The van der Waals surface area contributed by atoms with E-state index in [9.17, 15) is 0 Å². The minimum atomic E-state index is 0.431. The maximum atomic E-state index is 2.53. The molecule has 1 aliphatic heterocycles. The third-order valence-corrected chi connectivity index (χ3v) is 9.58. The standard InChI is InChI=1S/C39H33N/c1-25-22-36-31(30-14-7-12-27-10-3-5-13-29(27)30)15-8-16-32(36)34(25)24-35-26(2)23-37-33(35)17-9-19-39(37)40-21-20-28-11-4-6-18-38(28)40/h3-19,22-23,34-35H,20-21,24H2,1-2H3. The van der Waals surface area contributed by atoms with Crippen molar-refractivity contribution in [1.82, 2.24) is 0 Å². The molecular weight excluding hydrogens is 482 g/mol. The molecule has 0 amide bonds. The van der Waals surface area contributed by atoms with Crippen LogP contribution in [0.3, 0.4) is 0 Å². The summed E-state index contributed by atoms with van der Waals surface area (Å²) in [6.07, 6.45) is 7.17. The van der Waals surface area contributed by atoms with Crippen LogP contribution in [-0.2, 0) is 6.42 Å². The molecule has 0 fully saturated rings. The van der Waals surface area contributed by atoms with Crippen LogP contribution in [0.15, 0.2) is 114 Å².